The van der Waals surface area contributed by atoms with E-state index in [1.807, 2.05) is 0 Å². The number of nitrogens with one attached hydrogen (secondary N) is 2. The van der Waals surface area contributed by atoms with Crippen LogP contribution in [0.4, 0.5) is 5.95 Å². The summed E-state index contributed by atoms with van der Waals surface area (Å²) >= 11 is 0. The molecule has 0 spiro atoms. The van der Waals surface area contributed by atoms with Crippen molar-refractivity contribution in [2.45, 2.75) is 0 Å². The highest BCUT2D eigenvalue weighted by Crippen LogP contribution is 2.12. The van der Waals surface area contributed by atoms with Gasteiger partial charge in [-0.2, -0.15) is 5.21 Å². The van der Waals surface area contributed by atoms with Crippen molar-refractivity contribution in [2.24, 2.45) is 0 Å². The second-order valence-electron chi connectivity index (χ2n) is 3.67. The van der Waals surface area contributed by atoms with E-state index in [-0.39, 0.29) is 11.5 Å². The van der Waals surface area contributed by atoms with Gasteiger partial charge in [-0.15, -0.1) is 5.10 Å². The molecule has 94 valence electrons. The van der Waals surface area contributed by atoms with Gasteiger partial charge in [-0.1, -0.05) is 23.3 Å². The molecular weight excluding hydrogens is 250 g/mol. The molecule has 19 heavy (non-hydrogen) atoms. The number of carbonyl (C=O) groups is 1. The fourth-order valence-corrected chi connectivity index (χ4v) is 1.60. The molecule has 0 atom stereocenters. The summed E-state index contributed by atoms with van der Waals surface area (Å²) in [5.74, 6) is -0.668. The molecule has 0 radical (unpaired) electrons. The predicted molar refractivity (Wildman–Crippen MR) is 64.6 cm³/mol. The number of hydrogen-bond donors (Lipinski definition) is 2. The predicted octanol–water partition coefficient (Wildman–Crippen LogP) is 0.558. The lowest BCUT2D eigenvalue weighted by Crippen LogP contribution is -2.21. The second-order valence-corrected chi connectivity index (χ2v) is 3.67. The molecule has 0 saturated carbocycles. The summed E-state index contributed by atoms with van der Waals surface area (Å²) < 4.78 is 5.05. The van der Waals surface area contributed by atoms with E-state index in [0.29, 0.717) is 11.0 Å². The van der Waals surface area contributed by atoms with Gasteiger partial charge in [-0.25, -0.2) is 4.79 Å². The lowest BCUT2D eigenvalue weighted by atomic mass is 10.2. The van der Waals surface area contributed by atoms with Gasteiger partial charge < -0.3 is 4.42 Å². The van der Waals surface area contributed by atoms with Crippen LogP contribution in [0.1, 0.15) is 10.4 Å². The van der Waals surface area contributed by atoms with Crippen molar-refractivity contribution in [2.75, 3.05) is 5.32 Å². The van der Waals surface area contributed by atoms with Crippen LogP contribution in [0.3, 0.4) is 0 Å². The van der Waals surface area contributed by atoms with Crippen LogP contribution in [0.5, 0.6) is 0 Å². The maximum Gasteiger partial charge on any atom is 0.349 e. The summed E-state index contributed by atoms with van der Waals surface area (Å²) in [6, 6.07) is 8.37. The smallest absolute Gasteiger partial charge is 0.349 e. The first-order valence-electron chi connectivity index (χ1n) is 5.32. The van der Waals surface area contributed by atoms with Crippen LogP contribution < -0.4 is 10.9 Å². The molecule has 1 amide bonds. The SMILES string of the molecule is O=C(Nc1nn[nH]n1)c1cc2ccccc2oc1=O. The molecule has 8 nitrogen and oxygen atoms in total. The normalized spacial score (nSPS) is 10.5. The van der Waals surface area contributed by atoms with Gasteiger partial charge in [0, 0.05) is 5.39 Å². The van der Waals surface area contributed by atoms with Crippen LogP contribution in [-0.4, -0.2) is 26.5 Å². The Bertz CT molecular complexity index is 793. The van der Waals surface area contributed by atoms with Gasteiger partial charge in [0.05, 0.1) is 0 Å². The zero-order valence-corrected chi connectivity index (χ0v) is 9.45. The molecule has 0 saturated heterocycles. The number of para-hydroxylation sites is 1. The summed E-state index contributed by atoms with van der Waals surface area (Å²) in [4.78, 5) is 23.6. The second kappa shape index (κ2) is 4.33. The number of amides is 1. The highest BCUT2D eigenvalue weighted by atomic mass is 16.4. The fraction of sp³-hybridized carbons (Fsp3) is 0. The summed E-state index contributed by atoms with van der Waals surface area (Å²) in [7, 11) is 0. The first-order chi connectivity index (χ1) is 9.24. The number of anilines is 1. The van der Waals surface area contributed by atoms with Crippen LogP contribution in [-0.2, 0) is 0 Å². The maximum absolute atomic E-state index is 11.9. The van der Waals surface area contributed by atoms with Crippen LogP contribution in [0.15, 0.2) is 39.5 Å². The Balaban J connectivity index is 2.02. The highest BCUT2D eigenvalue weighted by molar-refractivity contribution is 6.04. The van der Waals surface area contributed by atoms with Crippen molar-refractivity contribution in [1.29, 1.82) is 0 Å². The zero-order valence-electron chi connectivity index (χ0n) is 9.45. The number of nitrogens with zero attached hydrogens (tertiary/aromatic N) is 3. The Labute approximate surface area is 105 Å². The van der Waals surface area contributed by atoms with Crippen molar-refractivity contribution >= 4 is 22.8 Å². The number of carbonyl (C=O) groups excluding carboxylic acids is 1. The van der Waals surface area contributed by atoms with Gasteiger partial charge in [0.25, 0.3) is 11.9 Å². The highest BCUT2D eigenvalue weighted by Gasteiger charge is 2.15. The monoisotopic (exact) mass is 257 g/mol. The van der Waals surface area contributed by atoms with E-state index in [9.17, 15) is 9.59 Å². The standard InChI is InChI=1S/C11H7N5O3/c17-9(12-11-13-15-16-14-11)7-5-6-3-1-2-4-8(6)19-10(7)18/h1-5H,(H2,12,13,14,15,16,17). The fourth-order valence-electron chi connectivity index (χ4n) is 1.60. The molecule has 8 heteroatoms. The summed E-state index contributed by atoms with van der Waals surface area (Å²) in [5.41, 5.74) is -0.424. The number of fused-ring (bicyclic) bond motifs is 1. The molecule has 1 aromatic carbocycles. The Kier molecular flexibility index (Phi) is 2.53. The molecule has 2 aromatic heterocycles. The van der Waals surface area contributed by atoms with Gasteiger partial charge in [-0.3, -0.25) is 10.1 Å². The van der Waals surface area contributed by atoms with Crippen LogP contribution in [0.2, 0.25) is 0 Å². The quantitative estimate of drug-likeness (QED) is 0.648. The Hall–Kier alpha value is -3.03. The average molecular weight is 257 g/mol. The molecule has 0 aliphatic heterocycles. The van der Waals surface area contributed by atoms with Gasteiger partial charge >= 0.3 is 5.63 Å². The molecule has 0 aliphatic rings. The molecule has 0 unspecified atom stereocenters. The van der Waals surface area contributed by atoms with E-state index in [1.165, 1.54) is 6.07 Å². The molecule has 2 heterocycles. The van der Waals surface area contributed by atoms with Crippen molar-refractivity contribution in [3.05, 3.63) is 46.3 Å². The largest absolute Gasteiger partial charge is 0.422 e. The first-order valence-corrected chi connectivity index (χ1v) is 5.32. The lowest BCUT2D eigenvalue weighted by molar-refractivity contribution is 0.102. The number of benzene rings is 1. The third-order valence-corrected chi connectivity index (χ3v) is 2.46. The Morgan fingerprint density at radius 2 is 2.16 bits per heavy atom. The van der Waals surface area contributed by atoms with Crippen LogP contribution in [0, 0.1) is 0 Å². The number of hydrogen-bond acceptors (Lipinski definition) is 6. The zero-order chi connectivity index (χ0) is 13.2. The third-order valence-electron chi connectivity index (χ3n) is 2.46. The molecule has 0 fully saturated rings. The number of rotatable bonds is 2. The van der Waals surface area contributed by atoms with E-state index in [1.54, 1.807) is 24.3 Å². The minimum atomic E-state index is -0.723. The minimum absolute atomic E-state index is 0.0161. The van der Waals surface area contributed by atoms with Gasteiger partial charge in [0.15, 0.2) is 0 Å². The molecule has 3 aromatic rings. The number of aromatic amines is 1. The third kappa shape index (κ3) is 2.06. The van der Waals surface area contributed by atoms with Crippen molar-refractivity contribution in [1.82, 2.24) is 20.6 Å². The Morgan fingerprint density at radius 1 is 1.32 bits per heavy atom. The Morgan fingerprint density at radius 3 is 2.95 bits per heavy atom. The van der Waals surface area contributed by atoms with E-state index in [2.05, 4.69) is 25.9 Å². The van der Waals surface area contributed by atoms with Crippen molar-refractivity contribution < 1.29 is 9.21 Å². The first kappa shape index (κ1) is 11.1. The average Bonchev–Trinajstić information content (AvgIpc) is 2.90. The summed E-state index contributed by atoms with van der Waals surface area (Å²) in [6.45, 7) is 0. The molecule has 2 N–H and O–H groups in total. The maximum atomic E-state index is 11.9. The van der Waals surface area contributed by atoms with E-state index < -0.39 is 11.5 Å². The van der Waals surface area contributed by atoms with Gasteiger partial charge in [0.1, 0.15) is 11.1 Å². The number of tetrazole rings is 1. The van der Waals surface area contributed by atoms with Gasteiger partial charge in [0.2, 0.25) is 0 Å². The number of aromatic nitrogens is 4. The van der Waals surface area contributed by atoms with E-state index >= 15 is 0 Å². The molecule has 0 aliphatic carbocycles. The van der Waals surface area contributed by atoms with E-state index in [4.69, 9.17) is 4.42 Å². The van der Waals surface area contributed by atoms with Crippen LogP contribution in [0.25, 0.3) is 11.0 Å². The summed E-state index contributed by atoms with van der Waals surface area (Å²) in [5, 5.41) is 15.6. The molecule has 3 rings (SSSR count). The summed E-state index contributed by atoms with van der Waals surface area (Å²) in [6.07, 6.45) is 0. The molecular formula is C11H7N5O3. The van der Waals surface area contributed by atoms with Crippen molar-refractivity contribution in [3.63, 3.8) is 0 Å². The molecule has 0 bridgehead atoms. The number of H-pyrrole nitrogens is 1. The topological polar surface area (TPSA) is 114 Å². The minimum Gasteiger partial charge on any atom is -0.422 e. The van der Waals surface area contributed by atoms with Gasteiger partial charge in [-0.05, 0) is 17.3 Å². The van der Waals surface area contributed by atoms with Crippen molar-refractivity contribution in [3.8, 4) is 0 Å². The van der Waals surface area contributed by atoms with E-state index in [0.717, 1.165) is 0 Å². The lowest BCUT2D eigenvalue weighted by Gasteiger charge is -2.01. The van der Waals surface area contributed by atoms with Crippen LogP contribution >= 0.6 is 0 Å².